The number of esters is 1. The molecule has 2 heterocycles. The van der Waals surface area contributed by atoms with Crippen molar-refractivity contribution in [3.05, 3.63) is 104 Å². The van der Waals surface area contributed by atoms with Gasteiger partial charge >= 0.3 is 18.1 Å². The Kier molecular flexibility index (Phi) is 21.1. The second-order valence-electron chi connectivity index (χ2n) is 15.2. The van der Waals surface area contributed by atoms with E-state index in [-0.39, 0.29) is 57.6 Å². The number of thiazole rings is 2. The van der Waals surface area contributed by atoms with Crippen molar-refractivity contribution in [1.82, 2.24) is 30.8 Å². The van der Waals surface area contributed by atoms with Gasteiger partial charge in [-0.1, -0.05) is 88.4 Å². The molecule has 17 heteroatoms. The van der Waals surface area contributed by atoms with Crippen LogP contribution in [-0.4, -0.2) is 110 Å². The van der Waals surface area contributed by atoms with Crippen LogP contribution in [0.3, 0.4) is 0 Å². The number of hydrogen-bond acceptors (Lipinski definition) is 13. The number of ether oxygens (including phenoxy) is 5. The van der Waals surface area contributed by atoms with Gasteiger partial charge in [0.15, 0.2) is 0 Å². The summed E-state index contributed by atoms with van der Waals surface area (Å²) in [5, 5.41) is 12.0. The summed E-state index contributed by atoms with van der Waals surface area (Å²) in [5.41, 5.74) is 4.21. The Bertz CT molecular complexity index is 1880. The third kappa shape index (κ3) is 17.9. The van der Waals surface area contributed by atoms with Crippen LogP contribution in [0.4, 0.5) is 9.59 Å². The molecule has 2 aromatic heterocycles. The molecule has 0 fully saturated rings. The average Bonchev–Trinajstić information content (AvgIpc) is 3.95. The van der Waals surface area contributed by atoms with Crippen LogP contribution in [-0.2, 0) is 59.3 Å². The molecule has 0 radical (unpaired) electrons. The first-order chi connectivity index (χ1) is 29.4. The highest BCUT2D eigenvalue weighted by Crippen LogP contribution is 2.21. The van der Waals surface area contributed by atoms with E-state index in [9.17, 15) is 19.2 Å². The van der Waals surface area contributed by atoms with Crippen LogP contribution >= 0.6 is 22.7 Å². The highest BCUT2D eigenvalue weighted by Gasteiger charge is 2.34. The number of carbonyl (C=O) groups is 4. The van der Waals surface area contributed by atoms with Gasteiger partial charge in [-0.2, -0.15) is 0 Å². The Labute approximate surface area is 366 Å². The monoisotopic (exact) mass is 880 g/mol. The number of rotatable bonds is 26. The van der Waals surface area contributed by atoms with Gasteiger partial charge in [0.05, 0.1) is 60.1 Å². The lowest BCUT2D eigenvalue weighted by Crippen LogP contribution is -2.56. The normalized spacial score (nSPS) is 13.2. The van der Waals surface area contributed by atoms with Gasteiger partial charge in [-0.05, 0) is 29.9 Å². The zero-order chi connectivity index (χ0) is 44.0. The molecule has 3 N–H and O–H groups in total. The highest BCUT2D eigenvalue weighted by molar-refractivity contribution is 7.09. The fourth-order valence-electron chi connectivity index (χ4n) is 6.22. The minimum absolute atomic E-state index is 0.00620. The zero-order valence-electron chi connectivity index (χ0n) is 35.9. The van der Waals surface area contributed by atoms with E-state index in [2.05, 4.69) is 39.8 Å². The number of urea groups is 1. The van der Waals surface area contributed by atoms with Gasteiger partial charge < -0.3 is 44.5 Å². The molecular formula is C44H60N6O9S2. The van der Waals surface area contributed by atoms with Crippen LogP contribution in [0, 0.1) is 5.92 Å². The Balaban J connectivity index is 1.58. The third-order valence-electron chi connectivity index (χ3n) is 9.41. The number of amides is 4. The Morgan fingerprint density at radius 2 is 1.49 bits per heavy atom. The minimum atomic E-state index is -0.980. The van der Waals surface area contributed by atoms with Crippen molar-refractivity contribution in [1.29, 1.82) is 0 Å². The molecule has 4 rings (SSSR count). The van der Waals surface area contributed by atoms with Crippen LogP contribution in [0.5, 0.6) is 0 Å². The van der Waals surface area contributed by atoms with Crippen molar-refractivity contribution >= 4 is 46.7 Å². The standard InChI is InChI=1S/C44H60N6O9S2/c1-30(2)40(49-43(53)50(5)25-35-28-60-42(47-35)31(3)4)41(52)46-34(21-32-13-9-7-10-14-32)23-38(59-39(51)27-57-20-19-56-18-17-55-6)37(22-33-15-11-8-12-16-33)48-44(54)58-26-36-24-45-29-61-36/h7-16,24,28-31,34,37-38,40H,17-23,25-27H2,1-6H3,(H,46,52)(H,48,54)(H,49,53)/t34-,37-,38-,40-/m0/s1. The molecule has 0 spiro atoms. The second kappa shape index (κ2) is 26.4. The highest BCUT2D eigenvalue weighted by atomic mass is 32.1. The lowest BCUT2D eigenvalue weighted by atomic mass is 9.92. The fourth-order valence-corrected chi connectivity index (χ4v) is 7.55. The smallest absolute Gasteiger partial charge is 0.407 e. The maximum Gasteiger partial charge on any atom is 0.407 e. The van der Waals surface area contributed by atoms with Crippen LogP contribution in [0.25, 0.3) is 0 Å². The number of hydrogen-bond donors (Lipinski definition) is 3. The summed E-state index contributed by atoms with van der Waals surface area (Å²) in [7, 11) is 3.24. The summed E-state index contributed by atoms with van der Waals surface area (Å²) >= 11 is 2.91. The van der Waals surface area contributed by atoms with Gasteiger partial charge in [-0.3, -0.25) is 9.78 Å². The third-order valence-corrected chi connectivity index (χ3v) is 11.4. The van der Waals surface area contributed by atoms with Gasteiger partial charge in [0.25, 0.3) is 0 Å². The number of carbonyl (C=O) groups excluding carboxylic acids is 4. The van der Waals surface area contributed by atoms with E-state index in [4.69, 9.17) is 23.7 Å². The number of benzene rings is 2. The molecule has 332 valence electrons. The van der Waals surface area contributed by atoms with Gasteiger partial charge in [0.2, 0.25) is 5.91 Å². The molecule has 0 saturated heterocycles. The maximum atomic E-state index is 14.3. The predicted molar refractivity (Wildman–Crippen MR) is 234 cm³/mol. The summed E-state index contributed by atoms with van der Waals surface area (Å²) in [5.74, 6) is -1.09. The molecule has 4 amide bonds. The van der Waals surface area contributed by atoms with Crippen LogP contribution in [0.2, 0.25) is 0 Å². The van der Waals surface area contributed by atoms with Gasteiger partial charge in [0, 0.05) is 44.1 Å². The lowest BCUT2D eigenvalue weighted by molar-refractivity contribution is -0.157. The maximum absolute atomic E-state index is 14.3. The van der Waals surface area contributed by atoms with Crippen molar-refractivity contribution in [2.75, 3.05) is 47.2 Å². The zero-order valence-corrected chi connectivity index (χ0v) is 37.5. The SMILES string of the molecule is COCCOCCOCC(=O)O[C@@H](C[C@H](Cc1ccccc1)NC(=O)[C@@H](NC(=O)N(C)Cc1csc(C(C)C)n1)C(C)C)[C@H](Cc1ccccc1)NC(=O)OCc1cncs1. The largest absolute Gasteiger partial charge is 0.458 e. The van der Waals surface area contributed by atoms with E-state index < -0.39 is 48.2 Å². The number of nitrogens with one attached hydrogen (secondary N) is 3. The molecule has 4 atom stereocenters. The van der Waals surface area contributed by atoms with E-state index in [0.717, 1.165) is 26.7 Å². The summed E-state index contributed by atoms with van der Waals surface area (Å²) in [6.07, 6.45) is 0.630. The predicted octanol–water partition coefficient (Wildman–Crippen LogP) is 6.14. The first kappa shape index (κ1) is 48.7. The van der Waals surface area contributed by atoms with E-state index in [1.54, 1.807) is 37.2 Å². The Morgan fingerprint density at radius 1 is 0.820 bits per heavy atom. The number of aromatic nitrogens is 2. The molecule has 15 nitrogen and oxygen atoms in total. The summed E-state index contributed by atoms with van der Waals surface area (Å²) in [6.45, 7) is 8.98. The fraction of sp³-hybridized carbons (Fsp3) is 0.500. The van der Waals surface area contributed by atoms with E-state index >= 15 is 0 Å². The number of nitrogens with zero attached hydrogens (tertiary/aromatic N) is 3. The Hall–Kier alpha value is -4.94. The lowest BCUT2D eigenvalue weighted by Gasteiger charge is -2.32. The molecular weight excluding hydrogens is 821 g/mol. The van der Waals surface area contributed by atoms with Crippen molar-refractivity contribution in [2.45, 2.75) is 90.3 Å². The minimum Gasteiger partial charge on any atom is -0.458 e. The van der Waals surface area contributed by atoms with Crippen molar-refractivity contribution in [2.24, 2.45) is 5.92 Å². The van der Waals surface area contributed by atoms with Gasteiger partial charge in [-0.25, -0.2) is 19.4 Å². The summed E-state index contributed by atoms with van der Waals surface area (Å²) < 4.78 is 27.8. The second-order valence-corrected chi connectivity index (χ2v) is 17.0. The van der Waals surface area contributed by atoms with Crippen molar-refractivity contribution in [3.63, 3.8) is 0 Å². The molecule has 0 unspecified atom stereocenters. The molecule has 4 aromatic rings. The van der Waals surface area contributed by atoms with Crippen LogP contribution in [0.1, 0.15) is 66.7 Å². The Morgan fingerprint density at radius 3 is 2.11 bits per heavy atom. The molecule has 2 aromatic carbocycles. The first-order valence-corrected chi connectivity index (χ1v) is 22.2. The van der Waals surface area contributed by atoms with E-state index in [1.807, 2.05) is 79.9 Å². The molecule has 0 bridgehead atoms. The summed E-state index contributed by atoms with van der Waals surface area (Å²) in [4.78, 5) is 65.7. The first-order valence-electron chi connectivity index (χ1n) is 20.4. The van der Waals surface area contributed by atoms with E-state index in [0.29, 0.717) is 19.6 Å². The van der Waals surface area contributed by atoms with Gasteiger partial charge in [0.1, 0.15) is 25.4 Å². The molecule has 0 aliphatic rings. The number of alkyl carbamates (subject to hydrolysis) is 1. The average molecular weight is 881 g/mol. The van der Waals surface area contributed by atoms with Crippen molar-refractivity contribution < 1.29 is 42.9 Å². The van der Waals surface area contributed by atoms with E-state index in [1.165, 1.54) is 16.2 Å². The molecule has 0 aliphatic carbocycles. The quantitative estimate of drug-likeness (QED) is 0.0488. The molecule has 0 saturated carbocycles. The van der Waals surface area contributed by atoms with Crippen LogP contribution in [0.15, 0.2) is 77.8 Å². The van der Waals surface area contributed by atoms with Crippen molar-refractivity contribution in [3.8, 4) is 0 Å². The summed E-state index contributed by atoms with van der Waals surface area (Å²) in [6, 6.07) is 16.3. The molecule has 0 aliphatic heterocycles. The molecule has 61 heavy (non-hydrogen) atoms. The van der Waals surface area contributed by atoms with Gasteiger partial charge in [-0.15, -0.1) is 22.7 Å². The number of methoxy groups -OCH3 is 1. The van der Waals surface area contributed by atoms with Crippen LogP contribution < -0.4 is 16.0 Å². The topological polar surface area (TPSA) is 180 Å².